The molecule has 0 atom stereocenters. The molecule has 1 aromatic carbocycles. The molecule has 150 valence electrons. The second kappa shape index (κ2) is 9.53. The first kappa shape index (κ1) is 20.8. The zero-order chi connectivity index (χ0) is 20.8. The Morgan fingerprint density at radius 1 is 1.34 bits per heavy atom. The number of hydrogen-bond donors (Lipinski definition) is 1. The fourth-order valence-electron chi connectivity index (χ4n) is 3.41. The van der Waals surface area contributed by atoms with E-state index in [9.17, 15) is 10.1 Å². The van der Waals surface area contributed by atoms with Crippen LogP contribution in [-0.2, 0) is 17.8 Å². The summed E-state index contributed by atoms with van der Waals surface area (Å²) < 4.78 is 3.40. The summed E-state index contributed by atoms with van der Waals surface area (Å²) in [6.45, 7) is 7.67. The van der Waals surface area contributed by atoms with Crippen molar-refractivity contribution < 1.29 is 4.79 Å². The molecule has 2 aromatic heterocycles. The molecule has 0 saturated heterocycles. The second-order valence-electron chi connectivity index (χ2n) is 7.08. The second-order valence-corrected chi connectivity index (χ2v) is 8.20. The van der Waals surface area contributed by atoms with Gasteiger partial charge in [-0.15, -0.1) is 11.3 Å². The Kier molecular flexibility index (Phi) is 6.84. The molecule has 0 unspecified atom stereocenters. The van der Waals surface area contributed by atoms with Gasteiger partial charge in [0.15, 0.2) is 0 Å². The molecule has 3 rings (SSSR count). The van der Waals surface area contributed by atoms with Crippen LogP contribution in [0, 0.1) is 25.2 Å². The number of rotatable bonds is 8. The summed E-state index contributed by atoms with van der Waals surface area (Å²) in [7, 11) is 0. The Bertz CT molecular complexity index is 1050. The van der Waals surface area contributed by atoms with Crippen LogP contribution in [0.4, 0.5) is 0 Å². The van der Waals surface area contributed by atoms with E-state index >= 15 is 0 Å². The Morgan fingerprint density at radius 2 is 2.14 bits per heavy atom. The molecule has 0 radical (unpaired) electrons. The SMILES string of the molecule is CCCn1c(C)cc(/C=C(\C#N)C(=O)NCCCc2nc3ccccc3s2)c1C. The lowest BCUT2D eigenvalue weighted by Crippen LogP contribution is -2.25. The van der Waals surface area contributed by atoms with E-state index in [1.54, 1.807) is 17.4 Å². The van der Waals surface area contributed by atoms with Crippen molar-refractivity contribution in [1.82, 2.24) is 14.9 Å². The Hall–Kier alpha value is -2.91. The van der Waals surface area contributed by atoms with Crippen LogP contribution >= 0.6 is 11.3 Å². The van der Waals surface area contributed by atoms with Gasteiger partial charge in [-0.25, -0.2) is 4.98 Å². The molecule has 0 saturated carbocycles. The number of hydrogen-bond acceptors (Lipinski definition) is 4. The summed E-state index contributed by atoms with van der Waals surface area (Å²) >= 11 is 1.69. The molecule has 2 heterocycles. The number of nitrogens with one attached hydrogen (secondary N) is 1. The maximum absolute atomic E-state index is 12.4. The van der Waals surface area contributed by atoms with Crippen LogP contribution < -0.4 is 5.32 Å². The van der Waals surface area contributed by atoms with Crippen LogP contribution in [0.25, 0.3) is 16.3 Å². The molecule has 0 spiro atoms. The van der Waals surface area contributed by atoms with Crippen molar-refractivity contribution in [3.63, 3.8) is 0 Å². The third-order valence-corrected chi connectivity index (χ3v) is 6.01. The van der Waals surface area contributed by atoms with Crippen molar-refractivity contribution in [3.8, 4) is 6.07 Å². The summed E-state index contributed by atoms with van der Waals surface area (Å²) in [5.74, 6) is -0.322. The Morgan fingerprint density at radius 3 is 2.86 bits per heavy atom. The summed E-state index contributed by atoms with van der Waals surface area (Å²) in [6.07, 6.45) is 4.33. The number of nitrogens with zero attached hydrogens (tertiary/aromatic N) is 3. The first-order valence-corrected chi connectivity index (χ1v) is 10.8. The van der Waals surface area contributed by atoms with Gasteiger partial charge < -0.3 is 9.88 Å². The molecule has 0 aliphatic rings. The van der Waals surface area contributed by atoms with Gasteiger partial charge in [-0.3, -0.25) is 4.79 Å². The zero-order valence-corrected chi connectivity index (χ0v) is 18.0. The first-order chi connectivity index (χ1) is 14.0. The predicted octanol–water partition coefficient (Wildman–Crippen LogP) is 4.78. The summed E-state index contributed by atoms with van der Waals surface area (Å²) in [5.41, 5.74) is 4.32. The van der Waals surface area contributed by atoms with Crippen molar-refractivity contribution in [3.05, 3.63) is 57.9 Å². The quantitative estimate of drug-likeness (QED) is 0.332. The van der Waals surface area contributed by atoms with Crippen LogP contribution in [-0.4, -0.2) is 22.0 Å². The fraction of sp³-hybridized carbons (Fsp3) is 0.348. The molecule has 0 aliphatic heterocycles. The van der Waals surface area contributed by atoms with Crippen molar-refractivity contribution in [2.75, 3.05) is 6.54 Å². The van der Waals surface area contributed by atoms with E-state index in [2.05, 4.69) is 27.9 Å². The van der Waals surface area contributed by atoms with Gasteiger partial charge >= 0.3 is 0 Å². The molecule has 29 heavy (non-hydrogen) atoms. The lowest BCUT2D eigenvalue weighted by atomic mass is 10.1. The average Bonchev–Trinajstić information content (AvgIpc) is 3.25. The molecule has 1 amide bonds. The maximum Gasteiger partial charge on any atom is 0.261 e. The van der Waals surface area contributed by atoms with E-state index in [1.807, 2.05) is 44.2 Å². The number of thiazole rings is 1. The number of carbonyl (C=O) groups excluding carboxylic acids is 1. The molecule has 0 bridgehead atoms. The summed E-state index contributed by atoms with van der Waals surface area (Å²) in [6, 6.07) is 12.2. The molecule has 0 aliphatic carbocycles. The number of para-hydroxylation sites is 1. The highest BCUT2D eigenvalue weighted by molar-refractivity contribution is 7.18. The van der Waals surface area contributed by atoms with Gasteiger partial charge in [0.05, 0.1) is 15.2 Å². The number of fused-ring (bicyclic) bond motifs is 1. The summed E-state index contributed by atoms with van der Waals surface area (Å²) in [4.78, 5) is 17.0. The fourth-order valence-corrected chi connectivity index (χ4v) is 4.42. The number of carbonyl (C=O) groups is 1. The number of nitriles is 1. The molecule has 0 fully saturated rings. The minimum atomic E-state index is -0.322. The maximum atomic E-state index is 12.4. The van der Waals surface area contributed by atoms with Crippen molar-refractivity contribution in [1.29, 1.82) is 5.26 Å². The molecule has 6 heteroatoms. The Labute approximate surface area is 175 Å². The van der Waals surface area contributed by atoms with Gasteiger partial charge in [0, 0.05) is 30.9 Å². The van der Waals surface area contributed by atoms with Gasteiger partial charge in [-0.1, -0.05) is 19.1 Å². The van der Waals surface area contributed by atoms with Crippen LogP contribution in [0.5, 0.6) is 0 Å². The van der Waals surface area contributed by atoms with Crippen LogP contribution in [0.2, 0.25) is 0 Å². The molecule has 3 aromatic rings. The topological polar surface area (TPSA) is 70.7 Å². The molecule has 1 N–H and O–H groups in total. The highest BCUT2D eigenvalue weighted by Crippen LogP contribution is 2.22. The number of amides is 1. The van der Waals surface area contributed by atoms with Crippen LogP contribution in [0.15, 0.2) is 35.9 Å². The van der Waals surface area contributed by atoms with Crippen molar-refractivity contribution >= 4 is 33.5 Å². The van der Waals surface area contributed by atoms with Gasteiger partial charge in [0.25, 0.3) is 5.91 Å². The van der Waals surface area contributed by atoms with E-state index in [-0.39, 0.29) is 11.5 Å². The zero-order valence-electron chi connectivity index (χ0n) is 17.2. The minimum absolute atomic E-state index is 0.140. The summed E-state index contributed by atoms with van der Waals surface area (Å²) in [5, 5.41) is 13.4. The average molecular weight is 407 g/mol. The van der Waals surface area contributed by atoms with Gasteiger partial charge in [-0.05, 0) is 56.5 Å². The molecular formula is C23H26N4OS. The minimum Gasteiger partial charge on any atom is -0.351 e. The molecule has 5 nitrogen and oxygen atoms in total. The van der Waals surface area contributed by atoms with E-state index < -0.39 is 0 Å². The molecular weight excluding hydrogens is 380 g/mol. The third kappa shape index (κ3) is 4.93. The van der Waals surface area contributed by atoms with Crippen molar-refractivity contribution in [2.24, 2.45) is 0 Å². The standard InChI is InChI=1S/C23H26N4OS/c1-4-12-27-16(2)13-18(17(27)3)14-19(15-24)23(28)25-11-7-10-22-26-20-8-5-6-9-21(20)29-22/h5-6,8-9,13-14H,4,7,10-12H2,1-3H3,(H,25,28)/b19-14+. The van der Waals surface area contributed by atoms with E-state index in [0.29, 0.717) is 6.54 Å². The number of aryl methyl sites for hydroxylation is 2. The monoisotopic (exact) mass is 406 g/mol. The lowest BCUT2D eigenvalue weighted by Gasteiger charge is -2.07. The highest BCUT2D eigenvalue weighted by Gasteiger charge is 2.12. The smallest absolute Gasteiger partial charge is 0.261 e. The predicted molar refractivity (Wildman–Crippen MR) is 119 cm³/mol. The van der Waals surface area contributed by atoms with E-state index in [1.165, 1.54) is 4.70 Å². The van der Waals surface area contributed by atoms with E-state index in [0.717, 1.165) is 53.3 Å². The van der Waals surface area contributed by atoms with Gasteiger partial charge in [-0.2, -0.15) is 5.26 Å². The Balaban J connectivity index is 1.58. The third-order valence-electron chi connectivity index (χ3n) is 4.92. The number of benzene rings is 1. The van der Waals surface area contributed by atoms with Crippen molar-refractivity contribution in [2.45, 2.75) is 46.6 Å². The highest BCUT2D eigenvalue weighted by atomic mass is 32.1. The first-order valence-electron chi connectivity index (χ1n) is 9.94. The lowest BCUT2D eigenvalue weighted by molar-refractivity contribution is -0.117. The van der Waals surface area contributed by atoms with Gasteiger partial charge in [0.2, 0.25) is 0 Å². The van der Waals surface area contributed by atoms with Crippen LogP contribution in [0.1, 0.15) is 41.7 Å². The van der Waals surface area contributed by atoms with E-state index in [4.69, 9.17) is 0 Å². The van der Waals surface area contributed by atoms with Gasteiger partial charge in [0.1, 0.15) is 11.6 Å². The normalized spacial score (nSPS) is 11.6. The van der Waals surface area contributed by atoms with Crippen LogP contribution in [0.3, 0.4) is 0 Å². The largest absolute Gasteiger partial charge is 0.351 e. The number of aromatic nitrogens is 2.